The molecule has 0 spiro atoms. The molecule has 1 saturated heterocycles. The van der Waals surface area contributed by atoms with E-state index in [2.05, 4.69) is 4.98 Å². The molecule has 4 aromatic rings. The molecule has 3 heterocycles. The van der Waals surface area contributed by atoms with Crippen LogP contribution in [-0.4, -0.2) is 36.2 Å². The van der Waals surface area contributed by atoms with Crippen LogP contribution in [0.3, 0.4) is 0 Å². The first kappa shape index (κ1) is 23.4. The van der Waals surface area contributed by atoms with Crippen molar-refractivity contribution in [3.05, 3.63) is 76.6 Å². The van der Waals surface area contributed by atoms with E-state index in [1.807, 2.05) is 42.5 Å². The van der Waals surface area contributed by atoms with Gasteiger partial charge in [-0.2, -0.15) is 4.31 Å². The lowest BCUT2D eigenvalue weighted by molar-refractivity contribution is -0.123. The quantitative estimate of drug-likeness (QED) is 0.316. The second kappa shape index (κ2) is 9.75. The van der Waals surface area contributed by atoms with Crippen LogP contribution < -0.4 is 4.90 Å². The van der Waals surface area contributed by atoms with Crippen molar-refractivity contribution < 1.29 is 13.2 Å². The third kappa shape index (κ3) is 4.50. The van der Waals surface area contributed by atoms with Gasteiger partial charge in [-0.25, -0.2) is 13.4 Å². The summed E-state index contributed by atoms with van der Waals surface area (Å²) in [5, 5.41) is 2.77. The Bertz CT molecular complexity index is 1410. The van der Waals surface area contributed by atoms with Crippen LogP contribution in [0.4, 0.5) is 5.13 Å². The van der Waals surface area contributed by atoms with Crippen molar-refractivity contribution in [2.24, 2.45) is 0 Å². The van der Waals surface area contributed by atoms with Crippen molar-refractivity contribution in [3.63, 3.8) is 0 Å². The number of halogens is 1. The van der Waals surface area contributed by atoms with Crippen LogP contribution in [0.1, 0.15) is 24.8 Å². The first-order chi connectivity index (χ1) is 16.4. The van der Waals surface area contributed by atoms with Gasteiger partial charge in [-0.05, 0) is 42.0 Å². The highest BCUT2D eigenvalue weighted by atomic mass is 35.5. The number of piperidine rings is 1. The first-order valence-electron chi connectivity index (χ1n) is 10.9. The fourth-order valence-electron chi connectivity index (χ4n) is 4.17. The number of anilines is 1. The van der Waals surface area contributed by atoms with Crippen LogP contribution in [0.5, 0.6) is 0 Å². The van der Waals surface area contributed by atoms with Crippen molar-refractivity contribution >= 4 is 65.6 Å². The van der Waals surface area contributed by atoms with Gasteiger partial charge in [0, 0.05) is 6.54 Å². The van der Waals surface area contributed by atoms with Gasteiger partial charge >= 0.3 is 0 Å². The van der Waals surface area contributed by atoms with Crippen LogP contribution >= 0.6 is 34.3 Å². The number of hydrogen-bond acceptors (Lipinski definition) is 6. The summed E-state index contributed by atoms with van der Waals surface area (Å²) in [5.41, 5.74) is 1.58. The Morgan fingerprint density at radius 3 is 2.65 bits per heavy atom. The van der Waals surface area contributed by atoms with E-state index < -0.39 is 16.1 Å². The minimum Gasteiger partial charge on any atom is -0.282 e. The van der Waals surface area contributed by atoms with Gasteiger partial charge in [-0.1, -0.05) is 71.8 Å². The average molecular weight is 532 g/mol. The highest BCUT2D eigenvalue weighted by molar-refractivity contribution is 7.91. The molecule has 1 atom stereocenters. The predicted octanol–water partition coefficient (Wildman–Crippen LogP) is 5.79. The molecule has 5 rings (SSSR count). The third-order valence-corrected chi connectivity index (χ3v) is 10.5. The van der Waals surface area contributed by atoms with Crippen molar-refractivity contribution in [2.75, 3.05) is 11.4 Å². The molecule has 2 aromatic heterocycles. The van der Waals surface area contributed by atoms with Crippen LogP contribution in [0.2, 0.25) is 5.02 Å². The summed E-state index contributed by atoms with van der Waals surface area (Å²) >= 11 is 8.91. The number of hydrogen-bond donors (Lipinski definition) is 0. The number of thiophene rings is 1. The lowest BCUT2D eigenvalue weighted by atomic mass is 10.0. The predicted molar refractivity (Wildman–Crippen MR) is 138 cm³/mol. The Hall–Kier alpha value is -2.30. The maximum Gasteiger partial charge on any atom is 0.253 e. The van der Waals surface area contributed by atoms with Crippen LogP contribution in [-0.2, 0) is 21.4 Å². The fraction of sp³-hybridized carbons (Fsp3) is 0.250. The lowest BCUT2D eigenvalue weighted by Crippen LogP contribution is -2.52. The Morgan fingerprint density at radius 2 is 1.91 bits per heavy atom. The molecular formula is C24H22ClN3O3S3. The Kier molecular flexibility index (Phi) is 6.72. The molecular weight excluding hydrogens is 510 g/mol. The van der Waals surface area contributed by atoms with Crippen LogP contribution in [0, 0.1) is 0 Å². The topological polar surface area (TPSA) is 70.6 Å². The van der Waals surface area contributed by atoms with E-state index in [9.17, 15) is 13.2 Å². The number of fused-ring (bicyclic) bond motifs is 1. The number of thiazole rings is 1. The number of carbonyl (C=O) groups excluding carboxylic acids is 1. The zero-order valence-corrected chi connectivity index (χ0v) is 21.3. The van der Waals surface area contributed by atoms with Crippen molar-refractivity contribution in [3.8, 4) is 0 Å². The number of benzene rings is 2. The van der Waals surface area contributed by atoms with Crippen LogP contribution in [0.15, 0.2) is 70.3 Å². The molecule has 1 aliphatic heterocycles. The summed E-state index contributed by atoms with van der Waals surface area (Å²) in [5.74, 6) is -0.265. The largest absolute Gasteiger partial charge is 0.282 e. The van der Waals surface area contributed by atoms with Gasteiger partial charge in [0.1, 0.15) is 15.8 Å². The second-order valence-corrected chi connectivity index (χ2v) is 12.5. The number of carbonyl (C=O) groups is 1. The van der Waals surface area contributed by atoms with Crippen molar-refractivity contribution in [1.29, 1.82) is 0 Å². The van der Waals surface area contributed by atoms with Gasteiger partial charge in [0.2, 0.25) is 5.91 Å². The number of sulfonamides is 1. The molecule has 6 nitrogen and oxygen atoms in total. The van der Waals surface area contributed by atoms with Crippen molar-refractivity contribution in [2.45, 2.75) is 36.1 Å². The van der Waals surface area contributed by atoms with E-state index in [1.165, 1.54) is 27.0 Å². The molecule has 1 aliphatic rings. The first-order valence-corrected chi connectivity index (χ1v) is 14.4. The highest BCUT2D eigenvalue weighted by Crippen LogP contribution is 2.35. The van der Waals surface area contributed by atoms with E-state index >= 15 is 0 Å². The smallest absolute Gasteiger partial charge is 0.253 e. The van der Waals surface area contributed by atoms with E-state index in [0.717, 1.165) is 23.1 Å². The Morgan fingerprint density at radius 1 is 1.09 bits per heavy atom. The summed E-state index contributed by atoms with van der Waals surface area (Å²) in [6.07, 6.45) is 1.99. The lowest BCUT2D eigenvalue weighted by Gasteiger charge is -2.35. The van der Waals surface area contributed by atoms with E-state index in [1.54, 1.807) is 28.5 Å². The number of rotatable bonds is 6. The minimum atomic E-state index is -3.77. The second-order valence-electron chi connectivity index (χ2n) is 8.05. The number of aromatic nitrogens is 1. The molecule has 176 valence electrons. The molecule has 1 fully saturated rings. The Balaban J connectivity index is 1.55. The standard InChI is InChI=1S/C24H22ClN3O3S3/c25-18-10-6-12-20-22(18)26-24(33-20)27(16-17-8-2-1-3-9-17)23(29)19-11-4-5-14-28(19)34(30,31)21-13-7-15-32-21/h1-3,6-10,12-13,15,19H,4-5,11,14,16H2. The summed E-state index contributed by atoms with van der Waals surface area (Å²) < 4.78 is 29.3. The number of amides is 1. The van der Waals surface area contributed by atoms with Crippen molar-refractivity contribution in [1.82, 2.24) is 9.29 Å². The van der Waals surface area contributed by atoms with Gasteiger partial charge in [0.05, 0.1) is 16.3 Å². The molecule has 2 aromatic carbocycles. The SMILES string of the molecule is O=C(C1CCCCN1S(=O)(=O)c1cccs1)N(Cc1ccccc1)c1nc2c(Cl)cccc2s1. The maximum absolute atomic E-state index is 14.0. The minimum absolute atomic E-state index is 0.258. The monoisotopic (exact) mass is 531 g/mol. The summed E-state index contributed by atoms with van der Waals surface area (Å²) in [7, 11) is -3.77. The molecule has 1 amide bonds. The van der Waals surface area contributed by atoms with Crippen LogP contribution in [0.25, 0.3) is 10.2 Å². The molecule has 0 saturated carbocycles. The fourth-order valence-corrected chi connectivity index (χ4v) is 8.21. The maximum atomic E-state index is 14.0. The number of para-hydroxylation sites is 1. The highest BCUT2D eigenvalue weighted by Gasteiger charge is 2.40. The summed E-state index contributed by atoms with van der Waals surface area (Å²) in [6.45, 7) is 0.613. The number of nitrogens with zero attached hydrogens (tertiary/aromatic N) is 3. The summed E-state index contributed by atoms with van der Waals surface area (Å²) in [6, 6.07) is 17.7. The zero-order valence-electron chi connectivity index (χ0n) is 18.1. The van der Waals surface area contributed by atoms with Gasteiger partial charge < -0.3 is 0 Å². The molecule has 1 unspecified atom stereocenters. The van der Waals surface area contributed by atoms with Gasteiger partial charge in [-0.15, -0.1) is 11.3 Å². The average Bonchev–Trinajstić information content (AvgIpc) is 3.54. The normalized spacial score (nSPS) is 17.1. The molecule has 10 heteroatoms. The molecule has 0 aliphatic carbocycles. The van der Waals surface area contributed by atoms with Gasteiger partial charge in [0.15, 0.2) is 5.13 Å². The van der Waals surface area contributed by atoms with E-state index in [0.29, 0.717) is 35.2 Å². The molecule has 0 radical (unpaired) electrons. The summed E-state index contributed by atoms with van der Waals surface area (Å²) in [4.78, 5) is 20.4. The van der Waals surface area contributed by atoms with Gasteiger partial charge in [-0.3, -0.25) is 9.69 Å². The third-order valence-electron chi connectivity index (χ3n) is 5.84. The Labute approximate surface area is 211 Å². The molecule has 0 bridgehead atoms. The molecule has 0 N–H and O–H groups in total. The van der Waals surface area contributed by atoms with Gasteiger partial charge in [0.25, 0.3) is 10.0 Å². The molecule has 34 heavy (non-hydrogen) atoms. The zero-order chi connectivity index (χ0) is 23.7. The van der Waals surface area contributed by atoms with E-state index in [-0.39, 0.29) is 10.1 Å². The van der Waals surface area contributed by atoms with E-state index in [4.69, 9.17) is 11.6 Å².